The molecule has 1 atom stereocenters. The van der Waals surface area contributed by atoms with Crippen LogP contribution in [-0.2, 0) is 0 Å². The van der Waals surface area contributed by atoms with Crippen LogP contribution in [0.2, 0.25) is 0 Å². The van der Waals surface area contributed by atoms with Crippen molar-refractivity contribution in [3.63, 3.8) is 0 Å². The summed E-state index contributed by atoms with van der Waals surface area (Å²) in [5, 5.41) is 9.97. The predicted molar refractivity (Wildman–Crippen MR) is 75.9 cm³/mol. The molecule has 0 aliphatic carbocycles. The van der Waals surface area contributed by atoms with Gasteiger partial charge in [0, 0.05) is 12.0 Å². The Morgan fingerprint density at radius 1 is 1.11 bits per heavy atom. The average molecular weight is 252 g/mol. The van der Waals surface area contributed by atoms with E-state index in [2.05, 4.69) is 11.8 Å². The lowest BCUT2D eigenvalue weighted by Gasteiger charge is -2.05. The van der Waals surface area contributed by atoms with Gasteiger partial charge in [0.05, 0.1) is 13.2 Å². The second kappa shape index (κ2) is 6.63. The molecule has 0 aliphatic heterocycles. The molecular weight excluding hydrogens is 236 g/mol. The van der Waals surface area contributed by atoms with E-state index in [1.54, 1.807) is 7.11 Å². The van der Waals surface area contributed by atoms with Gasteiger partial charge >= 0.3 is 0 Å². The summed E-state index contributed by atoms with van der Waals surface area (Å²) in [7, 11) is 1.63. The molecule has 0 radical (unpaired) electrons. The molecule has 0 saturated heterocycles. The van der Waals surface area contributed by atoms with Gasteiger partial charge in [-0.2, -0.15) is 0 Å². The minimum Gasteiger partial charge on any atom is -0.497 e. The highest BCUT2D eigenvalue weighted by molar-refractivity contribution is 5.39. The van der Waals surface area contributed by atoms with Gasteiger partial charge in [-0.05, 0) is 23.8 Å². The fourth-order valence-electron chi connectivity index (χ4n) is 1.74. The van der Waals surface area contributed by atoms with Crippen molar-refractivity contribution in [3.05, 3.63) is 65.7 Å². The first-order valence-corrected chi connectivity index (χ1v) is 6.15. The second-order valence-corrected chi connectivity index (χ2v) is 4.16. The molecule has 0 saturated carbocycles. The maximum atomic E-state index is 9.97. The van der Waals surface area contributed by atoms with E-state index in [9.17, 15) is 5.11 Å². The highest BCUT2D eigenvalue weighted by Gasteiger charge is 2.03. The van der Waals surface area contributed by atoms with E-state index < -0.39 is 6.10 Å². The van der Waals surface area contributed by atoms with Gasteiger partial charge < -0.3 is 9.84 Å². The quantitative estimate of drug-likeness (QED) is 0.850. The molecule has 2 nitrogen and oxygen atoms in total. The molecule has 0 aromatic heterocycles. The predicted octanol–water partition coefficient (Wildman–Crippen LogP) is 3.17. The van der Waals surface area contributed by atoms with Gasteiger partial charge in [-0.1, -0.05) is 48.2 Å². The monoisotopic (exact) mass is 252 g/mol. The molecule has 19 heavy (non-hydrogen) atoms. The summed E-state index contributed by atoms with van der Waals surface area (Å²) in [6, 6.07) is 17.1. The normalized spacial score (nSPS) is 11.3. The van der Waals surface area contributed by atoms with Gasteiger partial charge in [-0.3, -0.25) is 0 Å². The fraction of sp³-hybridized carbons (Fsp3) is 0.176. The van der Waals surface area contributed by atoms with E-state index in [0.717, 1.165) is 16.9 Å². The largest absolute Gasteiger partial charge is 0.497 e. The maximum Gasteiger partial charge on any atom is 0.120 e. The smallest absolute Gasteiger partial charge is 0.120 e. The molecule has 1 unspecified atom stereocenters. The first kappa shape index (κ1) is 13.2. The molecule has 96 valence electrons. The Kier molecular flexibility index (Phi) is 4.60. The van der Waals surface area contributed by atoms with Crippen LogP contribution in [0.4, 0.5) is 0 Å². The van der Waals surface area contributed by atoms with Crippen LogP contribution in [0.5, 0.6) is 5.75 Å². The summed E-state index contributed by atoms with van der Waals surface area (Å²) in [6.45, 7) is 0. The molecule has 0 fully saturated rings. The molecule has 0 aliphatic rings. The van der Waals surface area contributed by atoms with Crippen molar-refractivity contribution in [2.75, 3.05) is 7.11 Å². The molecular formula is C17H16O2. The molecule has 2 aromatic rings. The third kappa shape index (κ3) is 3.87. The van der Waals surface area contributed by atoms with Gasteiger partial charge in [0.15, 0.2) is 0 Å². The third-order valence-corrected chi connectivity index (χ3v) is 2.78. The van der Waals surface area contributed by atoms with Gasteiger partial charge in [0.25, 0.3) is 0 Å². The SMILES string of the molecule is COc1cccc(C#CCC(O)c2ccccc2)c1. The summed E-state index contributed by atoms with van der Waals surface area (Å²) in [6.07, 6.45) is -0.124. The Morgan fingerprint density at radius 2 is 1.89 bits per heavy atom. The lowest BCUT2D eigenvalue weighted by atomic mass is 10.1. The van der Waals surface area contributed by atoms with Gasteiger partial charge in [-0.15, -0.1) is 0 Å². The summed E-state index contributed by atoms with van der Waals surface area (Å²) in [5.74, 6) is 6.81. The topological polar surface area (TPSA) is 29.5 Å². The van der Waals surface area contributed by atoms with Crippen LogP contribution in [0.25, 0.3) is 0 Å². The Morgan fingerprint density at radius 3 is 2.63 bits per heavy atom. The van der Waals surface area contributed by atoms with Crippen molar-refractivity contribution in [1.82, 2.24) is 0 Å². The number of methoxy groups -OCH3 is 1. The Labute approximate surface area is 113 Å². The second-order valence-electron chi connectivity index (χ2n) is 4.16. The van der Waals surface area contributed by atoms with Crippen molar-refractivity contribution in [3.8, 4) is 17.6 Å². The minimum absolute atomic E-state index is 0.418. The lowest BCUT2D eigenvalue weighted by molar-refractivity contribution is 0.184. The molecule has 0 spiro atoms. The molecule has 2 heteroatoms. The molecule has 2 aromatic carbocycles. The van der Waals surface area contributed by atoms with Crippen molar-refractivity contribution in [2.24, 2.45) is 0 Å². The fourth-order valence-corrected chi connectivity index (χ4v) is 1.74. The van der Waals surface area contributed by atoms with Crippen LogP contribution in [0.15, 0.2) is 54.6 Å². The van der Waals surface area contributed by atoms with Crippen LogP contribution in [0.1, 0.15) is 23.7 Å². The zero-order valence-electron chi connectivity index (χ0n) is 10.8. The van der Waals surface area contributed by atoms with Crippen LogP contribution in [0.3, 0.4) is 0 Å². The Bertz CT molecular complexity index is 579. The lowest BCUT2D eigenvalue weighted by Crippen LogP contribution is -1.94. The number of aliphatic hydroxyl groups is 1. The van der Waals surface area contributed by atoms with E-state index in [-0.39, 0.29) is 0 Å². The van der Waals surface area contributed by atoms with E-state index in [1.807, 2.05) is 54.6 Å². The minimum atomic E-state index is -0.542. The number of hydrogen-bond donors (Lipinski definition) is 1. The molecule has 1 N–H and O–H groups in total. The zero-order valence-corrected chi connectivity index (χ0v) is 10.8. The highest BCUT2D eigenvalue weighted by Crippen LogP contribution is 2.15. The average Bonchev–Trinajstić information content (AvgIpc) is 2.48. The molecule has 0 heterocycles. The van der Waals surface area contributed by atoms with Crippen molar-refractivity contribution < 1.29 is 9.84 Å². The van der Waals surface area contributed by atoms with E-state index in [4.69, 9.17) is 4.74 Å². The molecule has 0 amide bonds. The van der Waals surface area contributed by atoms with Crippen molar-refractivity contribution in [2.45, 2.75) is 12.5 Å². The van der Waals surface area contributed by atoms with Crippen LogP contribution < -0.4 is 4.74 Å². The first-order chi connectivity index (χ1) is 9.29. The van der Waals surface area contributed by atoms with Crippen LogP contribution in [0, 0.1) is 11.8 Å². The number of benzene rings is 2. The summed E-state index contributed by atoms with van der Waals surface area (Å²) < 4.78 is 5.13. The maximum absolute atomic E-state index is 9.97. The van der Waals surface area contributed by atoms with Crippen LogP contribution >= 0.6 is 0 Å². The van der Waals surface area contributed by atoms with Gasteiger partial charge in [-0.25, -0.2) is 0 Å². The van der Waals surface area contributed by atoms with E-state index in [1.165, 1.54) is 0 Å². The summed E-state index contributed by atoms with van der Waals surface area (Å²) >= 11 is 0. The summed E-state index contributed by atoms with van der Waals surface area (Å²) in [4.78, 5) is 0. The van der Waals surface area contributed by atoms with Crippen molar-refractivity contribution >= 4 is 0 Å². The van der Waals surface area contributed by atoms with E-state index >= 15 is 0 Å². The van der Waals surface area contributed by atoms with Crippen LogP contribution in [-0.4, -0.2) is 12.2 Å². The zero-order chi connectivity index (χ0) is 13.5. The van der Waals surface area contributed by atoms with Gasteiger partial charge in [0.1, 0.15) is 5.75 Å². The number of rotatable bonds is 3. The molecule has 0 bridgehead atoms. The van der Waals surface area contributed by atoms with Crippen molar-refractivity contribution in [1.29, 1.82) is 0 Å². The number of aliphatic hydroxyl groups excluding tert-OH is 1. The first-order valence-electron chi connectivity index (χ1n) is 6.15. The standard InChI is InChI=1S/C17H16O2/c1-19-16-11-5-7-14(13-16)8-6-12-17(18)15-9-3-2-4-10-15/h2-5,7,9-11,13,17-18H,12H2,1H3. The molecule has 2 rings (SSSR count). The van der Waals surface area contributed by atoms with Gasteiger partial charge in [0.2, 0.25) is 0 Å². The number of hydrogen-bond acceptors (Lipinski definition) is 2. The van der Waals surface area contributed by atoms with E-state index in [0.29, 0.717) is 6.42 Å². The Balaban J connectivity index is 2.01. The Hall–Kier alpha value is -2.24. The third-order valence-electron chi connectivity index (χ3n) is 2.78. The number of ether oxygens (including phenoxy) is 1. The highest BCUT2D eigenvalue weighted by atomic mass is 16.5. The summed E-state index contributed by atoms with van der Waals surface area (Å²) in [5.41, 5.74) is 1.78.